The first-order chi connectivity index (χ1) is 10.7. The first kappa shape index (κ1) is 17.8. The molecule has 0 saturated carbocycles. The summed E-state index contributed by atoms with van der Waals surface area (Å²) >= 11 is 0. The number of carbonyl (C=O) groups is 1. The van der Waals surface area contributed by atoms with E-state index in [2.05, 4.69) is 10.6 Å². The molecule has 2 amide bonds. The lowest BCUT2D eigenvalue weighted by atomic mass is 9.91. The maximum Gasteiger partial charge on any atom is 0.315 e. The van der Waals surface area contributed by atoms with Crippen LogP contribution in [-0.2, 0) is 16.3 Å². The zero-order valence-corrected chi connectivity index (χ0v) is 14.9. The Morgan fingerprint density at radius 2 is 1.96 bits per heavy atom. The summed E-state index contributed by atoms with van der Waals surface area (Å²) in [7, 11) is -3.28. The Morgan fingerprint density at radius 3 is 2.65 bits per heavy atom. The molecule has 128 valence electrons. The van der Waals surface area contributed by atoms with Crippen LogP contribution in [0, 0.1) is 0 Å². The first-order valence-electron chi connectivity index (χ1n) is 8.04. The summed E-state index contributed by atoms with van der Waals surface area (Å²) in [6.45, 7) is 5.76. The number of carbonyl (C=O) groups excluding carboxylic acids is 1. The predicted octanol–water partition coefficient (Wildman–Crippen LogP) is 2.58. The number of sulfone groups is 1. The van der Waals surface area contributed by atoms with Crippen molar-refractivity contribution >= 4 is 15.9 Å². The van der Waals surface area contributed by atoms with Crippen molar-refractivity contribution < 1.29 is 13.2 Å². The van der Waals surface area contributed by atoms with Gasteiger partial charge in [-0.25, -0.2) is 13.2 Å². The fourth-order valence-corrected chi connectivity index (χ4v) is 4.73. The molecule has 1 aliphatic rings. The first-order valence-corrected chi connectivity index (χ1v) is 9.76. The van der Waals surface area contributed by atoms with E-state index in [4.69, 9.17) is 0 Å². The van der Waals surface area contributed by atoms with Gasteiger partial charge >= 0.3 is 6.03 Å². The topological polar surface area (TPSA) is 75.3 Å². The van der Waals surface area contributed by atoms with Gasteiger partial charge in [0.2, 0.25) is 0 Å². The monoisotopic (exact) mass is 338 g/mol. The van der Waals surface area contributed by atoms with Gasteiger partial charge in [-0.1, -0.05) is 24.3 Å². The van der Waals surface area contributed by atoms with E-state index in [-0.39, 0.29) is 23.9 Å². The zero-order chi connectivity index (χ0) is 17.1. The number of rotatable bonds is 4. The number of benzene rings is 1. The van der Waals surface area contributed by atoms with Crippen LogP contribution in [0.5, 0.6) is 0 Å². The van der Waals surface area contributed by atoms with Crippen molar-refractivity contribution in [3.05, 3.63) is 35.4 Å². The maximum absolute atomic E-state index is 12.6. The van der Waals surface area contributed by atoms with E-state index >= 15 is 0 Å². The second-order valence-corrected chi connectivity index (χ2v) is 9.38. The van der Waals surface area contributed by atoms with Crippen molar-refractivity contribution in [2.75, 3.05) is 12.3 Å². The highest BCUT2D eigenvalue weighted by molar-refractivity contribution is 7.91. The Balaban J connectivity index is 1.97. The van der Waals surface area contributed by atoms with Gasteiger partial charge in [-0.05, 0) is 51.2 Å². The van der Waals surface area contributed by atoms with Crippen molar-refractivity contribution in [2.45, 2.75) is 50.8 Å². The van der Waals surface area contributed by atoms with Crippen LogP contribution in [0.25, 0.3) is 0 Å². The normalized spacial score (nSPS) is 18.1. The SMILES string of the molecule is CC(C)(C)NC(=O)NCCS(=O)(=O)[C@H]1CCCc2ccccc21. The van der Waals surface area contributed by atoms with Crippen molar-refractivity contribution in [3.8, 4) is 0 Å². The van der Waals surface area contributed by atoms with E-state index in [1.807, 2.05) is 45.0 Å². The van der Waals surface area contributed by atoms with E-state index in [1.54, 1.807) is 0 Å². The van der Waals surface area contributed by atoms with Crippen molar-refractivity contribution in [1.82, 2.24) is 10.6 Å². The lowest BCUT2D eigenvalue weighted by Crippen LogP contribution is -2.47. The Hall–Kier alpha value is -1.56. The summed E-state index contributed by atoms with van der Waals surface area (Å²) in [5.74, 6) is -0.0381. The second-order valence-electron chi connectivity index (χ2n) is 7.08. The molecule has 0 aromatic heterocycles. The summed E-state index contributed by atoms with van der Waals surface area (Å²) in [5, 5.41) is 4.94. The molecule has 1 atom stereocenters. The van der Waals surface area contributed by atoms with Gasteiger partial charge < -0.3 is 10.6 Å². The molecule has 0 fully saturated rings. The summed E-state index contributed by atoms with van der Waals surface area (Å²) in [6.07, 6.45) is 2.49. The van der Waals surface area contributed by atoms with Crippen LogP contribution in [0.4, 0.5) is 4.79 Å². The van der Waals surface area contributed by atoms with Crippen molar-refractivity contribution in [1.29, 1.82) is 0 Å². The number of hydrogen-bond acceptors (Lipinski definition) is 3. The van der Waals surface area contributed by atoms with Gasteiger partial charge in [-0.15, -0.1) is 0 Å². The molecule has 2 N–H and O–H groups in total. The third-order valence-corrected chi connectivity index (χ3v) is 6.04. The molecule has 1 aromatic carbocycles. The quantitative estimate of drug-likeness (QED) is 0.886. The average molecular weight is 338 g/mol. The molecule has 23 heavy (non-hydrogen) atoms. The maximum atomic E-state index is 12.6. The Morgan fingerprint density at radius 1 is 1.26 bits per heavy atom. The minimum Gasteiger partial charge on any atom is -0.337 e. The van der Waals surface area contributed by atoms with Crippen LogP contribution in [0.3, 0.4) is 0 Å². The molecule has 5 nitrogen and oxygen atoms in total. The molecule has 0 unspecified atom stereocenters. The number of aryl methyl sites for hydroxylation is 1. The summed E-state index contributed by atoms with van der Waals surface area (Å²) in [4.78, 5) is 11.7. The predicted molar refractivity (Wildman–Crippen MR) is 92.2 cm³/mol. The minimum absolute atomic E-state index is 0.0381. The van der Waals surface area contributed by atoms with Crippen molar-refractivity contribution in [2.24, 2.45) is 0 Å². The van der Waals surface area contributed by atoms with Crippen molar-refractivity contribution in [3.63, 3.8) is 0 Å². The number of hydrogen-bond donors (Lipinski definition) is 2. The fraction of sp³-hybridized carbons (Fsp3) is 0.588. The molecule has 0 aliphatic heterocycles. The molecule has 0 bridgehead atoms. The molecule has 0 radical (unpaired) electrons. The summed E-state index contributed by atoms with van der Waals surface area (Å²) in [6, 6.07) is 7.42. The van der Waals surface area contributed by atoms with E-state index in [0.29, 0.717) is 6.42 Å². The molecular weight excluding hydrogens is 312 g/mol. The zero-order valence-electron chi connectivity index (χ0n) is 14.1. The largest absolute Gasteiger partial charge is 0.337 e. The van der Waals surface area contributed by atoms with Crippen LogP contribution in [0.2, 0.25) is 0 Å². The van der Waals surface area contributed by atoms with E-state index in [1.165, 1.54) is 0 Å². The number of nitrogens with one attached hydrogen (secondary N) is 2. The lowest BCUT2D eigenvalue weighted by Gasteiger charge is -2.25. The Bertz CT molecular complexity index is 663. The van der Waals surface area contributed by atoms with Gasteiger partial charge in [-0.2, -0.15) is 0 Å². The number of fused-ring (bicyclic) bond motifs is 1. The van der Waals surface area contributed by atoms with Crippen LogP contribution >= 0.6 is 0 Å². The Labute approximate surface area is 138 Å². The van der Waals surface area contributed by atoms with Crippen LogP contribution in [0.15, 0.2) is 24.3 Å². The minimum atomic E-state index is -3.28. The van der Waals surface area contributed by atoms with Gasteiger partial charge in [0.25, 0.3) is 0 Å². The van der Waals surface area contributed by atoms with E-state index in [0.717, 1.165) is 24.0 Å². The number of amides is 2. The van der Waals surface area contributed by atoms with Gasteiger partial charge in [0, 0.05) is 12.1 Å². The lowest BCUT2D eigenvalue weighted by molar-refractivity contribution is 0.232. The highest BCUT2D eigenvalue weighted by atomic mass is 32.2. The molecule has 1 aliphatic carbocycles. The molecule has 0 spiro atoms. The third kappa shape index (κ3) is 4.96. The summed E-state index contributed by atoms with van der Waals surface area (Å²) in [5.41, 5.74) is 1.72. The smallest absolute Gasteiger partial charge is 0.315 e. The van der Waals surface area contributed by atoms with Gasteiger partial charge in [0.05, 0.1) is 11.0 Å². The van der Waals surface area contributed by atoms with Gasteiger partial charge in [0.15, 0.2) is 9.84 Å². The van der Waals surface area contributed by atoms with Gasteiger partial charge in [-0.3, -0.25) is 0 Å². The molecular formula is C17H26N2O3S. The van der Waals surface area contributed by atoms with E-state index in [9.17, 15) is 13.2 Å². The van der Waals surface area contributed by atoms with Gasteiger partial charge in [0.1, 0.15) is 0 Å². The Kier molecular flexibility index (Phi) is 5.34. The fourth-order valence-electron chi connectivity index (χ4n) is 2.92. The third-order valence-electron chi connectivity index (χ3n) is 3.91. The number of urea groups is 1. The average Bonchev–Trinajstić information content (AvgIpc) is 2.44. The summed E-state index contributed by atoms with van der Waals surface area (Å²) < 4.78 is 25.3. The van der Waals surface area contributed by atoms with Crippen LogP contribution in [0.1, 0.15) is 50.0 Å². The molecule has 0 heterocycles. The highest BCUT2D eigenvalue weighted by Crippen LogP contribution is 2.35. The standard InChI is InChI=1S/C17H26N2O3S/c1-17(2,3)19-16(20)18-11-12-23(21,22)15-10-6-8-13-7-4-5-9-14(13)15/h4-5,7,9,15H,6,8,10-12H2,1-3H3,(H2,18,19,20)/t15-/m0/s1. The highest BCUT2D eigenvalue weighted by Gasteiger charge is 2.31. The molecule has 0 saturated heterocycles. The molecule has 6 heteroatoms. The molecule has 2 rings (SSSR count). The second kappa shape index (κ2) is 6.91. The van der Waals surface area contributed by atoms with Crippen LogP contribution < -0.4 is 10.6 Å². The van der Waals surface area contributed by atoms with E-state index < -0.39 is 15.1 Å². The molecule has 1 aromatic rings. The van der Waals surface area contributed by atoms with Crippen LogP contribution in [-0.4, -0.2) is 32.3 Å².